The number of nitro groups is 1. The molecule has 1 amide bonds. The first-order chi connectivity index (χ1) is 16.8. The van der Waals surface area contributed by atoms with Gasteiger partial charge in [0.1, 0.15) is 0 Å². The molecule has 0 saturated carbocycles. The number of halogens is 2. The number of hydrogen-bond acceptors (Lipinski definition) is 9. The number of benzene rings is 3. The molecule has 3 aromatic carbocycles. The predicted molar refractivity (Wildman–Crippen MR) is 132 cm³/mol. The van der Waals surface area contributed by atoms with Crippen LogP contribution in [0.15, 0.2) is 74.4 Å². The molecule has 13 heteroatoms. The first kappa shape index (κ1) is 25.6. The number of nitrogens with one attached hydrogen (secondary N) is 1. The number of amides is 1. The molecule has 3 rings (SSSR count). The van der Waals surface area contributed by atoms with Gasteiger partial charge in [-0.05, 0) is 42.5 Å². The van der Waals surface area contributed by atoms with Crippen LogP contribution in [-0.4, -0.2) is 35.9 Å². The molecule has 0 unspecified atom stereocenters. The van der Waals surface area contributed by atoms with Gasteiger partial charge in [-0.15, -0.1) is 0 Å². The fourth-order valence-electron chi connectivity index (χ4n) is 2.65. The van der Waals surface area contributed by atoms with Gasteiger partial charge in [-0.2, -0.15) is 15.3 Å². The van der Waals surface area contributed by atoms with Gasteiger partial charge in [-0.1, -0.05) is 27.5 Å². The van der Waals surface area contributed by atoms with Gasteiger partial charge >= 0.3 is 5.69 Å². The molecule has 180 valence electrons. The topological polar surface area (TPSA) is 148 Å². The third kappa shape index (κ3) is 7.22. The molecule has 0 aromatic heterocycles. The van der Waals surface area contributed by atoms with Gasteiger partial charge in [0.05, 0.1) is 29.6 Å². The number of hydrogen-bond donors (Lipinski definition) is 2. The number of nitro benzene ring substituents is 1. The second-order valence-electron chi connectivity index (χ2n) is 6.71. The number of phenolic OH excluding ortho intramolecular Hbond substituents is 1. The Morgan fingerprint density at radius 2 is 1.86 bits per heavy atom. The molecular weight excluding hydrogens is 546 g/mol. The van der Waals surface area contributed by atoms with Crippen molar-refractivity contribution < 1.29 is 24.3 Å². The van der Waals surface area contributed by atoms with Crippen molar-refractivity contribution in [3.63, 3.8) is 0 Å². The zero-order valence-corrected chi connectivity index (χ0v) is 20.4. The van der Waals surface area contributed by atoms with E-state index in [1.165, 1.54) is 37.6 Å². The molecule has 0 bridgehead atoms. The van der Waals surface area contributed by atoms with Crippen LogP contribution >= 0.6 is 27.5 Å². The maximum Gasteiger partial charge on any atom is 0.312 e. The molecule has 0 radical (unpaired) electrons. The molecule has 11 nitrogen and oxygen atoms in total. The second kappa shape index (κ2) is 11.9. The summed E-state index contributed by atoms with van der Waals surface area (Å²) in [6, 6.07) is 14.0. The van der Waals surface area contributed by atoms with Crippen LogP contribution in [0.5, 0.6) is 17.2 Å². The van der Waals surface area contributed by atoms with Gasteiger partial charge < -0.3 is 14.6 Å². The van der Waals surface area contributed by atoms with Crippen molar-refractivity contribution in [2.24, 2.45) is 15.3 Å². The number of carbonyl (C=O) groups excluding carboxylic acids is 1. The number of carbonyl (C=O) groups is 1. The van der Waals surface area contributed by atoms with E-state index in [1.807, 2.05) is 12.1 Å². The zero-order valence-electron chi connectivity index (χ0n) is 18.0. The molecule has 0 saturated heterocycles. The van der Waals surface area contributed by atoms with Crippen molar-refractivity contribution in [1.29, 1.82) is 0 Å². The van der Waals surface area contributed by atoms with Gasteiger partial charge in [-0.25, -0.2) is 5.43 Å². The summed E-state index contributed by atoms with van der Waals surface area (Å²) in [5.74, 6) is -0.905. The minimum absolute atomic E-state index is 0.121. The van der Waals surface area contributed by atoms with Crippen LogP contribution in [0, 0.1) is 10.1 Å². The van der Waals surface area contributed by atoms with E-state index < -0.39 is 17.4 Å². The predicted octanol–water partition coefficient (Wildman–Crippen LogP) is 5.67. The molecule has 0 aliphatic rings. The molecule has 35 heavy (non-hydrogen) atoms. The lowest BCUT2D eigenvalue weighted by atomic mass is 10.2. The lowest BCUT2D eigenvalue weighted by Gasteiger charge is -2.08. The molecule has 0 spiro atoms. The fourth-order valence-corrected chi connectivity index (χ4v) is 3.08. The first-order valence-corrected chi connectivity index (χ1v) is 10.9. The smallest absolute Gasteiger partial charge is 0.312 e. The summed E-state index contributed by atoms with van der Waals surface area (Å²) in [4.78, 5) is 22.5. The maximum absolute atomic E-state index is 12.0. The number of aromatic hydroxyl groups is 1. The lowest BCUT2D eigenvalue weighted by molar-refractivity contribution is -0.385. The largest absolute Gasteiger partial charge is 0.504 e. The summed E-state index contributed by atoms with van der Waals surface area (Å²) in [7, 11) is 1.38. The van der Waals surface area contributed by atoms with Crippen LogP contribution in [0.3, 0.4) is 0 Å². The Bertz CT molecular complexity index is 1300. The average molecular weight is 563 g/mol. The first-order valence-electron chi connectivity index (χ1n) is 9.73. The standard InChI is InChI=1S/C22H17BrClN5O6/c1-34-20-10-17(27-26-16-5-2-14(23)3-6-16)8-13(22(20)31)11-25-28-21(30)12-35-19-7-4-15(24)9-18(19)29(32)33/h2-11,31H,12H2,1H3,(H,28,30)/b25-11+,27-26?. The summed E-state index contributed by atoms with van der Waals surface area (Å²) in [5.41, 5.74) is 3.01. The van der Waals surface area contributed by atoms with E-state index in [4.69, 9.17) is 21.1 Å². The number of azo groups is 1. The molecule has 0 atom stereocenters. The SMILES string of the molecule is COc1cc(N=Nc2ccc(Br)cc2)cc(/C=N/NC(=O)COc2ccc(Cl)cc2[N+](=O)[O-])c1O. The molecule has 2 N–H and O–H groups in total. The van der Waals surface area contributed by atoms with Crippen LogP contribution in [0.4, 0.5) is 17.1 Å². The number of ether oxygens (including phenoxy) is 2. The van der Waals surface area contributed by atoms with Crippen molar-refractivity contribution >= 4 is 56.7 Å². The highest BCUT2D eigenvalue weighted by Crippen LogP contribution is 2.34. The Morgan fingerprint density at radius 1 is 1.14 bits per heavy atom. The number of hydrazone groups is 1. The van der Waals surface area contributed by atoms with E-state index in [0.717, 1.165) is 10.5 Å². The van der Waals surface area contributed by atoms with Crippen LogP contribution < -0.4 is 14.9 Å². The molecule has 0 fully saturated rings. The summed E-state index contributed by atoms with van der Waals surface area (Å²) >= 11 is 9.09. The normalized spacial score (nSPS) is 11.1. The molecule has 0 aliphatic carbocycles. The van der Waals surface area contributed by atoms with E-state index in [-0.39, 0.29) is 33.5 Å². The van der Waals surface area contributed by atoms with Gasteiger partial charge in [0.2, 0.25) is 0 Å². The van der Waals surface area contributed by atoms with E-state index in [9.17, 15) is 20.0 Å². The highest BCUT2D eigenvalue weighted by molar-refractivity contribution is 9.10. The summed E-state index contributed by atoms with van der Waals surface area (Å²) in [6.07, 6.45) is 1.18. The quantitative estimate of drug-likeness (QED) is 0.149. The average Bonchev–Trinajstić information content (AvgIpc) is 2.84. The molecular formula is C22H17BrClN5O6. The molecule has 0 aliphatic heterocycles. The summed E-state index contributed by atoms with van der Waals surface area (Å²) < 4.78 is 11.3. The van der Waals surface area contributed by atoms with E-state index in [0.29, 0.717) is 11.4 Å². The van der Waals surface area contributed by atoms with Gasteiger partial charge in [0.25, 0.3) is 5.91 Å². The Balaban J connectivity index is 1.67. The van der Waals surface area contributed by atoms with Crippen molar-refractivity contribution in [2.45, 2.75) is 0 Å². The number of phenols is 1. The van der Waals surface area contributed by atoms with Crippen molar-refractivity contribution in [3.8, 4) is 17.2 Å². The Kier molecular flexibility index (Phi) is 8.70. The van der Waals surface area contributed by atoms with Crippen molar-refractivity contribution in [1.82, 2.24) is 5.43 Å². The second-order valence-corrected chi connectivity index (χ2v) is 8.07. The minimum atomic E-state index is -0.692. The van der Waals surface area contributed by atoms with Crippen LogP contribution in [0.25, 0.3) is 0 Å². The number of methoxy groups -OCH3 is 1. The monoisotopic (exact) mass is 561 g/mol. The fraction of sp³-hybridized carbons (Fsp3) is 0.0909. The van der Waals surface area contributed by atoms with Crippen molar-refractivity contribution in [2.75, 3.05) is 13.7 Å². The van der Waals surface area contributed by atoms with Crippen LogP contribution in [0.1, 0.15) is 5.56 Å². The summed E-state index contributed by atoms with van der Waals surface area (Å²) in [6.45, 7) is -0.545. The maximum atomic E-state index is 12.0. The minimum Gasteiger partial charge on any atom is -0.504 e. The highest BCUT2D eigenvalue weighted by atomic mass is 79.9. The van der Waals surface area contributed by atoms with Crippen LogP contribution in [0.2, 0.25) is 5.02 Å². The Hall–Kier alpha value is -4.03. The third-order valence-corrected chi connectivity index (χ3v) is 5.05. The summed E-state index contributed by atoms with van der Waals surface area (Å²) in [5, 5.41) is 33.6. The van der Waals surface area contributed by atoms with Gasteiger partial charge in [0, 0.05) is 27.2 Å². The van der Waals surface area contributed by atoms with Crippen molar-refractivity contribution in [3.05, 3.63) is 79.8 Å². The number of rotatable bonds is 9. The molecule has 3 aromatic rings. The Morgan fingerprint density at radius 3 is 2.54 bits per heavy atom. The number of nitrogens with zero attached hydrogens (tertiary/aromatic N) is 4. The third-order valence-electron chi connectivity index (χ3n) is 4.29. The van der Waals surface area contributed by atoms with Gasteiger partial charge in [-0.3, -0.25) is 14.9 Å². The lowest BCUT2D eigenvalue weighted by Crippen LogP contribution is -2.24. The van der Waals surface area contributed by atoms with E-state index in [1.54, 1.807) is 12.1 Å². The van der Waals surface area contributed by atoms with Gasteiger partial charge in [0.15, 0.2) is 23.9 Å². The Labute approximate surface area is 212 Å². The van der Waals surface area contributed by atoms with E-state index in [2.05, 4.69) is 36.7 Å². The highest BCUT2D eigenvalue weighted by Gasteiger charge is 2.17. The zero-order chi connectivity index (χ0) is 25.4. The van der Waals surface area contributed by atoms with E-state index >= 15 is 0 Å². The molecule has 0 heterocycles. The van der Waals surface area contributed by atoms with Crippen LogP contribution in [-0.2, 0) is 4.79 Å².